The van der Waals surface area contributed by atoms with Gasteiger partial charge in [-0.15, -0.1) is 0 Å². The van der Waals surface area contributed by atoms with Crippen molar-refractivity contribution in [3.8, 4) is 0 Å². The molecule has 1 aliphatic heterocycles. The zero-order valence-electron chi connectivity index (χ0n) is 10.9. The van der Waals surface area contributed by atoms with E-state index in [1.165, 1.54) is 4.31 Å². The number of anilines is 1. The third-order valence-electron chi connectivity index (χ3n) is 3.47. The van der Waals surface area contributed by atoms with E-state index in [0.29, 0.717) is 12.8 Å². The zero-order valence-corrected chi connectivity index (χ0v) is 12.5. The molecule has 1 aromatic carbocycles. The Morgan fingerprint density at radius 1 is 1.40 bits per heavy atom. The van der Waals surface area contributed by atoms with Crippen molar-refractivity contribution in [1.29, 1.82) is 0 Å². The predicted octanol–water partition coefficient (Wildman–Crippen LogP) is 1.60. The highest BCUT2D eigenvalue weighted by Crippen LogP contribution is 2.31. The highest BCUT2D eigenvalue weighted by molar-refractivity contribution is 7.89. The Balaban J connectivity index is 2.34. The lowest BCUT2D eigenvalue weighted by molar-refractivity contribution is 0.0126. The van der Waals surface area contributed by atoms with Gasteiger partial charge in [-0.2, -0.15) is 4.31 Å². The van der Waals surface area contributed by atoms with Crippen LogP contribution < -0.4 is 5.73 Å². The lowest BCUT2D eigenvalue weighted by atomic mass is 9.95. The number of hydrogen-bond donors (Lipinski definition) is 2. The predicted molar refractivity (Wildman–Crippen MR) is 74.4 cm³/mol. The Morgan fingerprint density at radius 2 is 1.95 bits per heavy atom. The second-order valence-electron chi connectivity index (χ2n) is 5.21. The maximum atomic E-state index is 13.2. The molecule has 1 heterocycles. The van der Waals surface area contributed by atoms with Crippen LogP contribution in [0.5, 0.6) is 0 Å². The first-order valence-corrected chi connectivity index (χ1v) is 7.92. The monoisotopic (exact) mass is 322 g/mol. The van der Waals surface area contributed by atoms with Gasteiger partial charge < -0.3 is 10.8 Å². The molecular weight excluding hydrogens is 307 g/mol. The number of nitrogen functional groups attached to an aromatic ring is 1. The molecule has 1 aliphatic rings. The van der Waals surface area contributed by atoms with E-state index in [1.807, 2.05) is 0 Å². The van der Waals surface area contributed by atoms with E-state index in [0.717, 1.165) is 12.1 Å². The number of nitrogens with two attached hydrogens (primary N) is 1. The fourth-order valence-electron chi connectivity index (χ4n) is 2.09. The van der Waals surface area contributed by atoms with Gasteiger partial charge >= 0.3 is 0 Å². The molecule has 1 saturated heterocycles. The second kappa shape index (κ2) is 5.14. The third kappa shape index (κ3) is 2.90. The molecule has 1 fully saturated rings. The van der Waals surface area contributed by atoms with Gasteiger partial charge in [0.1, 0.15) is 10.7 Å². The van der Waals surface area contributed by atoms with Crippen LogP contribution in [0.3, 0.4) is 0 Å². The lowest BCUT2D eigenvalue weighted by Gasteiger charge is -2.35. The van der Waals surface area contributed by atoms with Crippen LogP contribution >= 0.6 is 11.6 Å². The van der Waals surface area contributed by atoms with E-state index in [-0.39, 0.29) is 28.7 Å². The number of piperidine rings is 1. The van der Waals surface area contributed by atoms with Crippen molar-refractivity contribution in [3.05, 3.63) is 23.0 Å². The van der Waals surface area contributed by atoms with E-state index in [4.69, 9.17) is 17.3 Å². The number of sulfonamides is 1. The minimum atomic E-state index is -3.84. The first-order valence-electron chi connectivity index (χ1n) is 6.10. The molecule has 0 spiro atoms. The lowest BCUT2D eigenvalue weighted by Crippen LogP contribution is -2.45. The van der Waals surface area contributed by atoms with Gasteiger partial charge in [0.2, 0.25) is 10.0 Å². The quantitative estimate of drug-likeness (QED) is 0.810. The van der Waals surface area contributed by atoms with E-state index in [1.54, 1.807) is 6.92 Å². The Hall–Kier alpha value is -0.890. The van der Waals surface area contributed by atoms with E-state index in [9.17, 15) is 17.9 Å². The molecule has 0 bridgehead atoms. The molecule has 2 rings (SSSR count). The molecule has 0 amide bonds. The minimum absolute atomic E-state index is 0.183. The summed E-state index contributed by atoms with van der Waals surface area (Å²) in [5.74, 6) is -0.754. The van der Waals surface area contributed by atoms with Gasteiger partial charge in [0, 0.05) is 13.1 Å². The van der Waals surface area contributed by atoms with E-state index >= 15 is 0 Å². The Bertz CT molecular complexity index is 624. The van der Waals surface area contributed by atoms with Crippen LogP contribution in [0.15, 0.2) is 17.0 Å². The fraction of sp³-hybridized carbons (Fsp3) is 0.500. The normalized spacial score (nSPS) is 20.0. The number of rotatable bonds is 2. The van der Waals surface area contributed by atoms with Crippen molar-refractivity contribution in [1.82, 2.24) is 4.31 Å². The van der Waals surface area contributed by atoms with Crippen molar-refractivity contribution in [3.63, 3.8) is 0 Å². The Labute approximate surface area is 122 Å². The molecular formula is C12H16ClFN2O3S. The van der Waals surface area contributed by atoms with Crippen LogP contribution in [0.4, 0.5) is 10.1 Å². The standard InChI is InChI=1S/C12H16ClFN2O3S/c1-12(17)2-4-16(5-3-12)20(18,19)11-7-10(15)9(14)6-8(11)13/h6-7,17H,2-5,15H2,1H3. The number of benzene rings is 1. The first-order chi connectivity index (χ1) is 9.13. The van der Waals surface area contributed by atoms with Crippen molar-refractivity contribution >= 4 is 27.3 Å². The maximum Gasteiger partial charge on any atom is 0.244 e. The van der Waals surface area contributed by atoms with Crippen molar-refractivity contribution < 1.29 is 17.9 Å². The van der Waals surface area contributed by atoms with Gasteiger partial charge in [-0.1, -0.05) is 11.6 Å². The summed E-state index contributed by atoms with van der Waals surface area (Å²) < 4.78 is 39.4. The van der Waals surface area contributed by atoms with Crippen LogP contribution in [-0.4, -0.2) is 36.5 Å². The molecule has 0 atom stereocenters. The topological polar surface area (TPSA) is 83.6 Å². The van der Waals surface area contributed by atoms with Gasteiger partial charge in [-0.3, -0.25) is 0 Å². The molecule has 20 heavy (non-hydrogen) atoms. The summed E-state index contributed by atoms with van der Waals surface area (Å²) in [6, 6.07) is 1.92. The van der Waals surface area contributed by atoms with Gasteiger partial charge in [0.15, 0.2) is 0 Å². The number of hydrogen-bond acceptors (Lipinski definition) is 4. The van der Waals surface area contributed by atoms with Gasteiger partial charge in [0.25, 0.3) is 0 Å². The summed E-state index contributed by atoms with van der Waals surface area (Å²) in [6.45, 7) is 2.03. The molecule has 0 aromatic heterocycles. The highest BCUT2D eigenvalue weighted by atomic mass is 35.5. The van der Waals surface area contributed by atoms with E-state index in [2.05, 4.69) is 0 Å². The minimum Gasteiger partial charge on any atom is -0.396 e. The Kier molecular flexibility index (Phi) is 3.98. The third-order valence-corrected chi connectivity index (χ3v) is 5.83. The van der Waals surface area contributed by atoms with Crippen LogP contribution in [0.25, 0.3) is 0 Å². The van der Waals surface area contributed by atoms with Crippen LogP contribution in [0, 0.1) is 5.82 Å². The summed E-state index contributed by atoms with van der Waals surface area (Å²) in [5, 5.41) is 9.65. The summed E-state index contributed by atoms with van der Waals surface area (Å²) >= 11 is 5.81. The molecule has 112 valence electrons. The summed E-state index contributed by atoms with van der Waals surface area (Å²) in [4.78, 5) is -0.209. The number of aliphatic hydroxyl groups is 1. The smallest absolute Gasteiger partial charge is 0.244 e. The molecule has 1 aromatic rings. The van der Waals surface area contributed by atoms with Crippen molar-refractivity contribution in [2.45, 2.75) is 30.3 Å². The molecule has 0 unspecified atom stereocenters. The second-order valence-corrected chi connectivity index (χ2v) is 7.52. The number of nitrogens with zero attached hydrogens (tertiary/aromatic N) is 1. The summed E-state index contributed by atoms with van der Waals surface area (Å²) in [6.07, 6.45) is 0.668. The van der Waals surface area contributed by atoms with Crippen LogP contribution in [0.2, 0.25) is 5.02 Å². The summed E-state index contributed by atoms with van der Waals surface area (Å²) in [5.41, 5.74) is 4.27. The fourth-order valence-corrected chi connectivity index (χ4v) is 4.06. The Morgan fingerprint density at radius 3 is 2.50 bits per heavy atom. The molecule has 3 N–H and O–H groups in total. The van der Waals surface area contributed by atoms with Crippen LogP contribution in [0.1, 0.15) is 19.8 Å². The zero-order chi connectivity index (χ0) is 15.1. The SMILES string of the molecule is CC1(O)CCN(S(=O)(=O)c2cc(N)c(F)cc2Cl)CC1. The van der Waals surface area contributed by atoms with Crippen LogP contribution in [-0.2, 0) is 10.0 Å². The number of halogens is 2. The molecule has 8 heteroatoms. The van der Waals surface area contributed by atoms with Crippen molar-refractivity contribution in [2.24, 2.45) is 0 Å². The largest absolute Gasteiger partial charge is 0.396 e. The van der Waals surface area contributed by atoms with Gasteiger partial charge in [0.05, 0.1) is 16.3 Å². The molecule has 0 radical (unpaired) electrons. The summed E-state index contributed by atoms with van der Waals surface area (Å²) in [7, 11) is -3.84. The van der Waals surface area contributed by atoms with Crippen molar-refractivity contribution in [2.75, 3.05) is 18.8 Å². The van der Waals surface area contributed by atoms with Gasteiger partial charge in [-0.05, 0) is 31.9 Å². The molecule has 0 aliphatic carbocycles. The average molecular weight is 323 g/mol. The molecule has 0 saturated carbocycles. The first kappa shape index (κ1) is 15.5. The average Bonchev–Trinajstić information content (AvgIpc) is 2.33. The van der Waals surface area contributed by atoms with Gasteiger partial charge in [-0.25, -0.2) is 12.8 Å². The van der Waals surface area contributed by atoms with E-state index < -0.39 is 21.4 Å². The highest BCUT2D eigenvalue weighted by Gasteiger charge is 2.35. The maximum absolute atomic E-state index is 13.2. The molecule has 5 nitrogen and oxygen atoms in total.